The van der Waals surface area contributed by atoms with Gasteiger partial charge in [-0.15, -0.1) is 5.10 Å². The molecule has 38 heavy (non-hydrogen) atoms. The fourth-order valence-electron chi connectivity index (χ4n) is 5.20. The van der Waals surface area contributed by atoms with Gasteiger partial charge < -0.3 is 10.7 Å². The van der Waals surface area contributed by atoms with E-state index in [4.69, 9.17) is 22.3 Å². The zero-order valence-electron chi connectivity index (χ0n) is 19.1. The predicted octanol–water partition coefficient (Wildman–Crippen LogP) is 3.64. The number of hydrogen-bond donors (Lipinski definition) is 2. The van der Waals surface area contributed by atoms with Crippen molar-refractivity contribution in [1.82, 2.24) is 39.7 Å². The summed E-state index contributed by atoms with van der Waals surface area (Å²) in [5, 5.41) is 11.7. The Kier molecular flexibility index (Phi) is 4.76. The summed E-state index contributed by atoms with van der Waals surface area (Å²) >= 11 is 6.25. The van der Waals surface area contributed by atoms with Crippen LogP contribution in [0.1, 0.15) is 30.0 Å². The highest BCUT2D eigenvalue weighted by Gasteiger charge is 2.55. The molecule has 190 valence electrons. The number of imidazole rings is 1. The standard InChI is InChI=1S/C24H15ClF3N9O/c25-9-1-4-16(36-8-30-34-35-36)13(5-9)15-7-17(38)37-21(11-6-12(11)24(37)31-15)23-32-20(22(28)33-23)10-2-3-14(29)19(27)18(10)26/h1-5,7-8,11-12,21H,6,29H2,(H,32,33)/t11-,12+,21-/m0/s1. The van der Waals surface area contributed by atoms with E-state index in [1.54, 1.807) is 18.2 Å². The third-order valence-electron chi connectivity index (χ3n) is 7.00. The number of H-pyrrole nitrogens is 1. The number of fused-ring (bicyclic) bond motifs is 3. The first-order valence-corrected chi connectivity index (χ1v) is 11.9. The van der Waals surface area contributed by atoms with Gasteiger partial charge in [0.05, 0.1) is 23.1 Å². The molecule has 5 aromatic rings. The molecule has 0 unspecified atom stereocenters. The summed E-state index contributed by atoms with van der Waals surface area (Å²) in [5.74, 6) is -3.06. The molecule has 2 aliphatic rings. The molecule has 3 atom stereocenters. The Morgan fingerprint density at radius 2 is 1.89 bits per heavy atom. The SMILES string of the molecule is Nc1ccc(-c2[nH]c([C@@H]3[C@H]4C[C@H]4c4nc(-c5cc(Cl)ccc5-n5cnnn5)cc(=O)n43)nc2F)c(F)c1F. The van der Waals surface area contributed by atoms with Crippen molar-refractivity contribution in [2.75, 3.05) is 5.73 Å². The number of hydrogen-bond acceptors (Lipinski definition) is 7. The molecular weight excluding hydrogens is 523 g/mol. The second-order valence-corrected chi connectivity index (χ2v) is 9.63. The number of nitrogens with zero attached hydrogens (tertiary/aromatic N) is 7. The van der Waals surface area contributed by atoms with E-state index in [9.17, 15) is 18.0 Å². The summed E-state index contributed by atoms with van der Waals surface area (Å²) in [5.41, 5.74) is 5.46. The van der Waals surface area contributed by atoms with Gasteiger partial charge in [-0.05, 0) is 53.1 Å². The van der Waals surface area contributed by atoms with Crippen LogP contribution in [0.2, 0.25) is 5.02 Å². The Labute approximate surface area is 215 Å². The number of nitrogens with two attached hydrogens (primary N) is 1. The number of anilines is 1. The largest absolute Gasteiger partial charge is 0.396 e. The molecule has 1 fully saturated rings. The molecule has 0 saturated heterocycles. The predicted molar refractivity (Wildman–Crippen MR) is 129 cm³/mol. The fourth-order valence-corrected chi connectivity index (χ4v) is 5.37. The Balaban J connectivity index is 1.33. The van der Waals surface area contributed by atoms with Gasteiger partial charge in [0.15, 0.2) is 11.6 Å². The number of aromatic nitrogens is 8. The van der Waals surface area contributed by atoms with Crippen LogP contribution in [-0.4, -0.2) is 39.7 Å². The number of nitrogen functional groups attached to an aromatic ring is 1. The first-order valence-electron chi connectivity index (χ1n) is 11.5. The summed E-state index contributed by atoms with van der Waals surface area (Å²) < 4.78 is 46.3. The minimum Gasteiger partial charge on any atom is -0.396 e. The maximum absolute atomic E-state index is 14.9. The summed E-state index contributed by atoms with van der Waals surface area (Å²) in [6.45, 7) is 0. The normalized spacial score (nSPS) is 19.4. The minimum absolute atomic E-state index is 0.0503. The van der Waals surface area contributed by atoms with Crippen molar-refractivity contribution in [1.29, 1.82) is 0 Å². The van der Waals surface area contributed by atoms with Crippen molar-refractivity contribution in [2.24, 2.45) is 5.92 Å². The van der Waals surface area contributed by atoms with Crippen molar-refractivity contribution in [3.05, 3.63) is 87.3 Å². The van der Waals surface area contributed by atoms with E-state index in [1.807, 2.05) is 0 Å². The highest BCUT2D eigenvalue weighted by Crippen LogP contribution is 2.60. The number of aromatic amines is 1. The van der Waals surface area contributed by atoms with E-state index in [0.29, 0.717) is 34.2 Å². The molecule has 1 aliphatic carbocycles. The number of halogens is 4. The maximum Gasteiger partial charge on any atom is 0.254 e. The van der Waals surface area contributed by atoms with Crippen LogP contribution >= 0.6 is 11.6 Å². The topological polar surface area (TPSA) is 133 Å². The van der Waals surface area contributed by atoms with Gasteiger partial charge >= 0.3 is 0 Å². The third kappa shape index (κ3) is 3.28. The summed E-state index contributed by atoms with van der Waals surface area (Å²) in [6, 6.07) is 8.09. The van der Waals surface area contributed by atoms with Crippen LogP contribution < -0.4 is 11.3 Å². The molecule has 2 aromatic carbocycles. The Bertz CT molecular complexity index is 1820. The lowest BCUT2D eigenvalue weighted by Crippen LogP contribution is -2.27. The number of nitrogens with one attached hydrogen (secondary N) is 1. The van der Waals surface area contributed by atoms with E-state index in [2.05, 4.69) is 25.5 Å². The lowest BCUT2D eigenvalue weighted by molar-refractivity contribution is 0.500. The molecule has 1 saturated carbocycles. The summed E-state index contributed by atoms with van der Waals surface area (Å²) in [6.07, 6.45) is 2.12. The average Bonchev–Trinajstić information content (AvgIpc) is 3.20. The zero-order valence-corrected chi connectivity index (χ0v) is 19.9. The molecule has 0 radical (unpaired) electrons. The van der Waals surface area contributed by atoms with Gasteiger partial charge in [0, 0.05) is 28.1 Å². The van der Waals surface area contributed by atoms with Crippen LogP contribution in [0, 0.1) is 23.5 Å². The molecule has 7 rings (SSSR count). The van der Waals surface area contributed by atoms with Crippen LogP contribution in [-0.2, 0) is 0 Å². The first-order chi connectivity index (χ1) is 18.3. The van der Waals surface area contributed by atoms with Gasteiger partial charge in [0.2, 0.25) is 5.95 Å². The molecule has 14 heteroatoms. The molecule has 0 bridgehead atoms. The highest BCUT2D eigenvalue weighted by molar-refractivity contribution is 6.31. The van der Waals surface area contributed by atoms with Gasteiger partial charge in [-0.1, -0.05) is 11.6 Å². The van der Waals surface area contributed by atoms with E-state index in [0.717, 1.165) is 6.07 Å². The second kappa shape index (κ2) is 7.99. The molecule has 3 aromatic heterocycles. The number of rotatable bonds is 4. The molecule has 1 aliphatic heterocycles. The second-order valence-electron chi connectivity index (χ2n) is 9.19. The molecule has 4 heterocycles. The maximum atomic E-state index is 14.9. The minimum atomic E-state index is -1.29. The van der Waals surface area contributed by atoms with E-state index < -0.39 is 29.3 Å². The number of benzene rings is 2. The Morgan fingerprint density at radius 1 is 1.05 bits per heavy atom. The van der Waals surface area contributed by atoms with Gasteiger partial charge in [-0.2, -0.15) is 9.07 Å². The Hall–Kier alpha value is -4.52. The summed E-state index contributed by atoms with van der Waals surface area (Å²) in [4.78, 5) is 24.9. The van der Waals surface area contributed by atoms with E-state index >= 15 is 0 Å². The van der Waals surface area contributed by atoms with Crippen molar-refractivity contribution in [2.45, 2.75) is 18.4 Å². The van der Waals surface area contributed by atoms with Crippen LogP contribution in [0.4, 0.5) is 18.9 Å². The molecule has 0 spiro atoms. The first kappa shape index (κ1) is 22.7. The average molecular weight is 538 g/mol. The molecule has 0 amide bonds. The van der Waals surface area contributed by atoms with E-state index in [-0.39, 0.29) is 34.5 Å². The van der Waals surface area contributed by atoms with Crippen molar-refractivity contribution in [3.8, 4) is 28.2 Å². The van der Waals surface area contributed by atoms with Gasteiger partial charge in [0.25, 0.3) is 5.56 Å². The van der Waals surface area contributed by atoms with Crippen molar-refractivity contribution in [3.63, 3.8) is 0 Å². The van der Waals surface area contributed by atoms with E-state index in [1.165, 1.54) is 27.7 Å². The van der Waals surface area contributed by atoms with Crippen molar-refractivity contribution < 1.29 is 13.2 Å². The lowest BCUT2D eigenvalue weighted by atomic mass is 10.1. The fraction of sp³-hybridized carbons (Fsp3) is 0.167. The van der Waals surface area contributed by atoms with Crippen LogP contribution in [0.15, 0.2) is 47.5 Å². The van der Waals surface area contributed by atoms with Crippen LogP contribution in [0.25, 0.3) is 28.2 Å². The highest BCUT2D eigenvalue weighted by atomic mass is 35.5. The monoisotopic (exact) mass is 537 g/mol. The van der Waals surface area contributed by atoms with Crippen LogP contribution in [0.5, 0.6) is 0 Å². The Morgan fingerprint density at radius 3 is 2.68 bits per heavy atom. The van der Waals surface area contributed by atoms with Gasteiger partial charge in [-0.3, -0.25) is 9.36 Å². The van der Waals surface area contributed by atoms with Gasteiger partial charge in [0.1, 0.15) is 23.7 Å². The molecule has 10 nitrogen and oxygen atoms in total. The number of tetrazole rings is 1. The smallest absolute Gasteiger partial charge is 0.254 e. The van der Waals surface area contributed by atoms with Crippen LogP contribution in [0.3, 0.4) is 0 Å². The molecular formula is C24H15ClF3N9O. The summed E-state index contributed by atoms with van der Waals surface area (Å²) in [7, 11) is 0. The molecule has 3 N–H and O–H groups in total. The lowest BCUT2D eigenvalue weighted by Gasteiger charge is -2.17. The quantitative estimate of drug-likeness (QED) is 0.334. The third-order valence-corrected chi connectivity index (χ3v) is 7.24. The zero-order chi connectivity index (χ0) is 26.3. The van der Waals surface area contributed by atoms with Gasteiger partial charge in [-0.25, -0.2) is 18.7 Å². The van der Waals surface area contributed by atoms with Crippen molar-refractivity contribution >= 4 is 17.3 Å².